The fourth-order valence-electron chi connectivity index (χ4n) is 2.28. The van der Waals surface area contributed by atoms with Crippen LogP contribution in [0.4, 0.5) is 5.69 Å². The van der Waals surface area contributed by atoms with Crippen LogP contribution >= 0.6 is 0 Å². The molecule has 0 aromatic heterocycles. The highest BCUT2D eigenvalue weighted by atomic mass is 15.1. The van der Waals surface area contributed by atoms with Crippen molar-refractivity contribution in [3.05, 3.63) is 29.8 Å². The molecule has 0 aliphatic heterocycles. The number of hydrogen-bond acceptors (Lipinski definition) is 2. The highest BCUT2D eigenvalue weighted by molar-refractivity contribution is 5.40. The lowest BCUT2D eigenvalue weighted by molar-refractivity contribution is 0.207. The fourth-order valence-corrected chi connectivity index (χ4v) is 2.28. The first-order valence-electron chi connectivity index (χ1n) is 6.27. The standard InChI is InChI=1S/C14H22N2/c1-16(11-13-5-2-6-13)9-8-12-4-3-7-14(15)10-12/h3-4,7,10,13H,2,5-6,8-9,11,15H2,1H3. The molecule has 0 amide bonds. The van der Waals surface area contributed by atoms with Gasteiger partial charge in [-0.05, 0) is 49.9 Å². The van der Waals surface area contributed by atoms with Gasteiger partial charge >= 0.3 is 0 Å². The minimum atomic E-state index is 0.874. The van der Waals surface area contributed by atoms with Gasteiger partial charge in [0.1, 0.15) is 0 Å². The average molecular weight is 218 g/mol. The first-order chi connectivity index (χ1) is 7.74. The van der Waals surface area contributed by atoms with Gasteiger partial charge in [0.05, 0.1) is 0 Å². The normalized spacial score (nSPS) is 16.4. The second-order valence-corrected chi connectivity index (χ2v) is 5.05. The molecule has 88 valence electrons. The summed E-state index contributed by atoms with van der Waals surface area (Å²) in [6, 6.07) is 8.23. The average Bonchev–Trinajstić information content (AvgIpc) is 2.21. The summed E-state index contributed by atoms with van der Waals surface area (Å²) in [5.74, 6) is 0.964. The number of rotatable bonds is 5. The van der Waals surface area contributed by atoms with Gasteiger partial charge in [-0.1, -0.05) is 18.6 Å². The second-order valence-electron chi connectivity index (χ2n) is 5.05. The minimum absolute atomic E-state index is 0.874. The van der Waals surface area contributed by atoms with Gasteiger partial charge in [-0.3, -0.25) is 0 Å². The molecule has 0 saturated heterocycles. The maximum atomic E-state index is 5.76. The second kappa shape index (κ2) is 5.35. The van der Waals surface area contributed by atoms with Gasteiger partial charge in [0.2, 0.25) is 0 Å². The van der Waals surface area contributed by atoms with E-state index in [0.717, 1.165) is 24.6 Å². The third kappa shape index (κ3) is 3.24. The topological polar surface area (TPSA) is 29.3 Å². The Bertz CT molecular complexity index is 331. The van der Waals surface area contributed by atoms with Crippen molar-refractivity contribution < 1.29 is 0 Å². The third-order valence-electron chi connectivity index (χ3n) is 3.53. The van der Waals surface area contributed by atoms with E-state index in [2.05, 4.69) is 24.1 Å². The Hall–Kier alpha value is -1.02. The Kier molecular flexibility index (Phi) is 3.83. The van der Waals surface area contributed by atoms with Gasteiger partial charge in [0.15, 0.2) is 0 Å². The quantitative estimate of drug-likeness (QED) is 0.770. The zero-order chi connectivity index (χ0) is 11.4. The van der Waals surface area contributed by atoms with Crippen molar-refractivity contribution in [3.63, 3.8) is 0 Å². The highest BCUT2D eigenvalue weighted by Gasteiger charge is 2.18. The number of benzene rings is 1. The summed E-state index contributed by atoms with van der Waals surface area (Å²) in [5.41, 5.74) is 7.98. The predicted octanol–water partition coefficient (Wildman–Crippen LogP) is 2.54. The van der Waals surface area contributed by atoms with Crippen LogP contribution in [0, 0.1) is 5.92 Å². The van der Waals surface area contributed by atoms with Crippen molar-refractivity contribution in [3.8, 4) is 0 Å². The molecule has 2 heteroatoms. The van der Waals surface area contributed by atoms with Crippen LogP contribution in [0.5, 0.6) is 0 Å². The lowest BCUT2D eigenvalue weighted by Gasteiger charge is -2.30. The first kappa shape index (κ1) is 11.5. The van der Waals surface area contributed by atoms with Crippen molar-refractivity contribution in [2.75, 3.05) is 25.9 Å². The van der Waals surface area contributed by atoms with E-state index >= 15 is 0 Å². The Morgan fingerprint density at radius 1 is 1.38 bits per heavy atom. The van der Waals surface area contributed by atoms with Crippen LogP contribution in [-0.4, -0.2) is 25.0 Å². The van der Waals surface area contributed by atoms with Gasteiger partial charge in [-0.2, -0.15) is 0 Å². The molecule has 2 rings (SSSR count). The zero-order valence-corrected chi connectivity index (χ0v) is 10.2. The molecule has 0 heterocycles. The molecule has 1 fully saturated rings. The van der Waals surface area contributed by atoms with Crippen LogP contribution in [0.15, 0.2) is 24.3 Å². The molecule has 1 aromatic rings. The molecule has 0 bridgehead atoms. The summed E-state index contributed by atoms with van der Waals surface area (Å²) in [4.78, 5) is 2.45. The number of nitrogen functional groups attached to an aromatic ring is 1. The Balaban J connectivity index is 1.73. The largest absolute Gasteiger partial charge is 0.399 e. The maximum Gasteiger partial charge on any atom is 0.0316 e. The maximum absolute atomic E-state index is 5.76. The number of anilines is 1. The van der Waals surface area contributed by atoms with E-state index in [-0.39, 0.29) is 0 Å². The van der Waals surface area contributed by atoms with E-state index in [1.807, 2.05) is 12.1 Å². The van der Waals surface area contributed by atoms with Crippen molar-refractivity contribution in [1.29, 1.82) is 0 Å². The van der Waals surface area contributed by atoms with Gasteiger partial charge in [0.25, 0.3) is 0 Å². The molecule has 1 aliphatic carbocycles. The molecule has 0 unspecified atom stereocenters. The smallest absolute Gasteiger partial charge is 0.0316 e. The molecule has 16 heavy (non-hydrogen) atoms. The summed E-state index contributed by atoms with van der Waals surface area (Å²) in [7, 11) is 2.23. The van der Waals surface area contributed by atoms with Crippen molar-refractivity contribution in [1.82, 2.24) is 4.90 Å². The van der Waals surface area contributed by atoms with Crippen molar-refractivity contribution in [2.24, 2.45) is 5.92 Å². The highest BCUT2D eigenvalue weighted by Crippen LogP contribution is 2.26. The van der Waals surface area contributed by atoms with Crippen LogP contribution in [-0.2, 0) is 6.42 Å². The minimum Gasteiger partial charge on any atom is -0.399 e. The molecule has 0 atom stereocenters. The zero-order valence-electron chi connectivity index (χ0n) is 10.2. The molecule has 1 aromatic carbocycles. The molecule has 2 nitrogen and oxygen atoms in total. The third-order valence-corrected chi connectivity index (χ3v) is 3.53. The predicted molar refractivity (Wildman–Crippen MR) is 69.4 cm³/mol. The number of hydrogen-bond donors (Lipinski definition) is 1. The first-order valence-corrected chi connectivity index (χ1v) is 6.27. The van der Waals surface area contributed by atoms with E-state index in [9.17, 15) is 0 Å². The van der Waals surface area contributed by atoms with Crippen LogP contribution in [0.2, 0.25) is 0 Å². The van der Waals surface area contributed by atoms with Gasteiger partial charge in [-0.25, -0.2) is 0 Å². The van der Waals surface area contributed by atoms with Crippen LogP contribution in [0.25, 0.3) is 0 Å². The summed E-state index contributed by atoms with van der Waals surface area (Å²) < 4.78 is 0. The molecular weight excluding hydrogens is 196 g/mol. The van der Waals surface area contributed by atoms with E-state index < -0.39 is 0 Å². The molecule has 1 saturated carbocycles. The fraction of sp³-hybridized carbons (Fsp3) is 0.571. The summed E-state index contributed by atoms with van der Waals surface area (Å²) in [6.45, 7) is 2.41. The molecule has 1 aliphatic rings. The van der Waals surface area contributed by atoms with Gasteiger partial charge < -0.3 is 10.6 Å². The van der Waals surface area contributed by atoms with E-state index in [4.69, 9.17) is 5.73 Å². The van der Waals surface area contributed by atoms with E-state index in [0.29, 0.717) is 0 Å². The van der Waals surface area contributed by atoms with Crippen LogP contribution < -0.4 is 5.73 Å². The van der Waals surface area contributed by atoms with E-state index in [1.54, 1.807) is 0 Å². The van der Waals surface area contributed by atoms with Gasteiger partial charge in [0, 0.05) is 18.8 Å². The Morgan fingerprint density at radius 2 is 2.19 bits per heavy atom. The molecular formula is C14H22N2. The Labute approximate surface area is 98.4 Å². The summed E-state index contributed by atoms with van der Waals surface area (Å²) >= 11 is 0. The monoisotopic (exact) mass is 218 g/mol. The molecule has 2 N–H and O–H groups in total. The number of nitrogens with zero attached hydrogens (tertiary/aromatic N) is 1. The Morgan fingerprint density at radius 3 is 2.81 bits per heavy atom. The van der Waals surface area contributed by atoms with Crippen LogP contribution in [0.1, 0.15) is 24.8 Å². The van der Waals surface area contributed by atoms with Crippen LogP contribution in [0.3, 0.4) is 0 Å². The lowest BCUT2D eigenvalue weighted by Crippen LogP contribution is -2.30. The van der Waals surface area contributed by atoms with E-state index in [1.165, 1.54) is 31.4 Å². The van der Waals surface area contributed by atoms with Crippen molar-refractivity contribution >= 4 is 5.69 Å². The van der Waals surface area contributed by atoms with Crippen molar-refractivity contribution in [2.45, 2.75) is 25.7 Å². The molecule has 0 radical (unpaired) electrons. The summed E-state index contributed by atoms with van der Waals surface area (Å²) in [6.07, 6.45) is 5.41. The summed E-state index contributed by atoms with van der Waals surface area (Å²) in [5, 5.41) is 0. The number of nitrogens with two attached hydrogens (primary N) is 1. The lowest BCUT2D eigenvalue weighted by atomic mass is 9.85. The van der Waals surface area contributed by atoms with Gasteiger partial charge in [-0.15, -0.1) is 0 Å². The number of likely N-dealkylation sites (N-methyl/N-ethyl adjacent to an activating group) is 1. The molecule has 0 spiro atoms. The SMILES string of the molecule is CN(CCc1cccc(N)c1)CC1CCC1.